The molecule has 0 saturated heterocycles. The van der Waals surface area contributed by atoms with Crippen LogP contribution in [0.2, 0.25) is 0 Å². The Morgan fingerprint density at radius 2 is 1.68 bits per heavy atom. The number of aliphatic hydroxyl groups excluding tert-OH is 1. The van der Waals surface area contributed by atoms with Crippen LogP contribution >= 0.6 is 0 Å². The van der Waals surface area contributed by atoms with E-state index in [0.29, 0.717) is 12.8 Å². The molecule has 0 aromatic heterocycles. The number of carbonyl (C=O) groups excluding carboxylic acids is 1. The normalized spacial score (nSPS) is 13.0. The number of rotatable bonds is 14. The van der Waals surface area contributed by atoms with Crippen molar-refractivity contribution in [2.24, 2.45) is 0 Å². The summed E-state index contributed by atoms with van der Waals surface area (Å²) < 4.78 is 4.60. The Hall–Kier alpha value is -1.09. The van der Waals surface area contributed by atoms with Gasteiger partial charge in [-0.25, -0.2) is 0 Å². The molecular weight excluding hydrogens is 276 g/mol. The van der Waals surface area contributed by atoms with E-state index >= 15 is 0 Å². The molecule has 0 aliphatic carbocycles. The number of ether oxygens (including phenoxy) is 1. The van der Waals surface area contributed by atoms with Gasteiger partial charge in [0.25, 0.3) is 0 Å². The molecule has 0 aliphatic rings. The van der Waals surface area contributed by atoms with E-state index in [1.807, 2.05) is 6.08 Å². The van der Waals surface area contributed by atoms with Crippen molar-refractivity contribution in [3.05, 3.63) is 24.3 Å². The molecule has 0 amide bonds. The maximum atomic E-state index is 10.9. The van der Waals surface area contributed by atoms with Gasteiger partial charge in [-0.3, -0.25) is 4.79 Å². The lowest BCUT2D eigenvalue weighted by Crippen LogP contribution is -1.99. The van der Waals surface area contributed by atoms with Gasteiger partial charge in [0, 0.05) is 6.42 Å². The summed E-state index contributed by atoms with van der Waals surface area (Å²) in [6, 6.07) is 0. The largest absolute Gasteiger partial charge is 0.469 e. The molecule has 0 radical (unpaired) electrons. The van der Waals surface area contributed by atoms with Gasteiger partial charge in [-0.2, -0.15) is 0 Å². The van der Waals surface area contributed by atoms with Crippen LogP contribution in [0.1, 0.15) is 77.6 Å². The minimum atomic E-state index is -0.359. The van der Waals surface area contributed by atoms with E-state index in [2.05, 4.69) is 29.9 Å². The minimum Gasteiger partial charge on any atom is -0.469 e. The topological polar surface area (TPSA) is 46.5 Å². The molecule has 0 aliphatic heterocycles. The highest BCUT2D eigenvalue weighted by Gasteiger charge is 1.98. The Morgan fingerprint density at radius 1 is 1.00 bits per heavy atom. The van der Waals surface area contributed by atoms with Crippen LogP contribution in [-0.2, 0) is 9.53 Å². The third-order valence-electron chi connectivity index (χ3n) is 3.61. The number of hydrogen-bond acceptors (Lipinski definition) is 3. The lowest BCUT2D eigenvalue weighted by atomic mass is 10.1. The van der Waals surface area contributed by atoms with E-state index in [4.69, 9.17) is 0 Å². The third kappa shape index (κ3) is 15.3. The summed E-state index contributed by atoms with van der Waals surface area (Å²) in [5.41, 5.74) is 0. The number of hydrogen-bond donors (Lipinski definition) is 1. The van der Waals surface area contributed by atoms with Gasteiger partial charge in [0.2, 0.25) is 0 Å². The lowest BCUT2D eigenvalue weighted by molar-refractivity contribution is -0.140. The second kappa shape index (κ2) is 16.3. The molecule has 0 heterocycles. The first-order valence-electron chi connectivity index (χ1n) is 8.77. The summed E-state index contributed by atoms with van der Waals surface area (Å²) in [5, 5.41) is 9.79. The maximum absolute atomic E-state index is 10.9. The molecule has 1 atom stereocenters. The van der Waals surface area contributed by atoms with Crippen LogP contribution in [0.3, 0.4) is 0 Å². The van der Waals surface area contributed by atoms with Gasteiger partial charge in [0.05, 0.1) is 13.2 Å². The molecule has 0 bridgehead atoms. The maximum Gasteiger partial charge on any atom is 0.305 e. The van der Waals surface area contributed by atoms with Crippen molar-refractivity contribution in [2.45, 2.75) is 83.7 Å². The number of allylic oxidation sites excluding steroid dienone is 2. The second-order valence-corrected chi connectivity index (χ2v) is 5.73. The fourth-order valence-electron chi connectivity index (χ4n) is 2.18. The van der Waals surface area contributed by atoms with Crippen LogP contribution in [0.4, 0.5) is 0 Å². The molecule has 22 heavy (non-hydrogen) atoms. The first kappa shape index (κ1) is 20.9. The highest BCUT2D eigenvalue weighted by molar-refractivity contribution is 5.68. The summed E-state index contributed by atoms with van der Waals surface area (Å²) in [5.74, 6) is -0.120. The van der Waals surface area contributed by atoms with Crippen molar-refractivity contribution in [3.63, 3.8) is 0 Å². The third-order valence-corrected chi connectivity index (χ3v) is 3.61. The summed E-state index contributed by atoms with van der Waals surface area (Å²) in [6.07, 6.45) is 19.2. The predicted octanol–water partition coefficient (Wildman–Crippen LogP) is 4.94. The highest BCUT2D eigenvalue weighted by Crippen LogP contribution is 2.07. The van der Waals surface area contributed by atoms with Crippen LogP contribution in [0.25, 0.3) is 0 Å². The first-order valence-corrected chi connectivity index (χ1v) is 8.77. The van der Waals surface area contributed by atoms with Gasteiger partial charge in [-0.15, -0.1) is 0 Å². The molecule has 1 N–H and O–H groups in total. The molecule has 1 unspecified atom stereocenters. The molecule has 0 aromatic rings. The average Bonchev–Trinajstić information content (AvgIpc) is 2.52. The van der Waals surface area contributed by atoms with Crippen LogP contribution < -0.4 is 0 Å². The molecule has 0 fully saturated rings. The lowest BCUT2D eigenvalue weighted by Gasteiger charge is -2.01. The van der Waals surface area contributed by atoms with E-state index < -0.39 is 0 Å². The zero-order valence-corrected chi connectivity index (χ0v) is 14.4. The Bertz CT molecular complexity index is 308. The number of aliphatic hydroxyl groups is 1. The average molecular weight is 310 g/mol. The minimum absolute atomic E-state index is 0.120. The Labute approximate surface area is 136 Å². The van der Waals surface area contributed by atoms with Crippen LogP contribution in [0.15, 0.2) is 24.3 Å². The highest BCUT2D eigenvalue weighted by atomic mass is 16.5. The summed E-state index contributed by atoms with van der Waals surface area (Å²) in [6.45, 7) is 2.21. The number of methoxy groups -OCH3 is 1. The molecule has 128 valence electrons. The molecule has 3 nitrogen and oxygen atoms in total. The zero-order chi connectivity index (χ0) is 16.5. The smallest absolute Gasteiger partial charge is 0.305 e. The summed E-state index contributed by atoms with van der Waals surface area (Å²) >= 11 is 0. The number of unbranched alkanes of at least 4 members (excludes halogenated alkanes) is 7. The van der Waals surface area contributed by atoms with Gasteiger partial charge in [0.15, 0.2) is 0 Å². The fraction of sp³-hybridized carbons (Fsp3) is 0.737. The van der Waals surface area contributed by atoms with E-state index in [1.54, 1.807) is 0 Å². The van der Waals surface area contributed by atoms with E-state index in [0.717, 1.165) is 38.5 Å². The quantitative estimate of drug-likeness (QED) is 0.281. The zero-order valence-electron chi connectivity index (χ0n) is 14.4. The van der Waals surface area contributed by atoms with Crippen molar-refractivity contribution in [3.8, 4) is 0 Å². The molecule has 3 heteroatoms. The van der Waals surface area contributed by atoms with Gasteiger partial charge in [-0.1, -0.05) is 56.9 Å². The molecular formula is C19H34O3. The van der Waals surface area contributed by atoms with Gasteiger partial charge < -0.3 is 9.84 Å². The van der Waals surface area contributed by atoms with Crippen LogP contribution in [0.5, 0.6) is 0 Å². The van der Waals surface area contributed by atoms with Gasteiger partial charge >= 0.3 is 5.97 Å². The number of carbonyl (C=O) groups is 1. The second-order valence-electron chi connectivity index (χ2n) is 5.73. The Morgan fingerprint density at radius 3 is 2.41 bits per heavy atom. The molecule has 0 saturated carbocycles. The first-order chi connectivity index (χ1) is 10.7. The fourth-order valence-corrected chi connectivity index (χ4v) is 2.18. The summed E-state index contributed by atoms with van der Waals surface area (Å²) in [4.78, 5) is 10.9. The van der Waals surface area contributed by atoms with Gasteiger partial charge in [-0.05, 0) is 38.5 Å². The van der Waals surface area contributed by atoms with E-state index in [1.165, 1.54) is 26.4 Å². The van der Waals surface area contributed by atoms with Crippen molar-refractivity contribution in [2.75, 3.05) is 7.11 Å². The Kier molecular flexibility index (Phi) is 15.5. The molecule has 0 aromatic carbocycles. The van der Waals surface area contributed by atoms with Crippen molar-refractivity contribution in [1.29, 1.82) is 0 Å². The van der Waals surface area contributed by atoms with Crippen LogP contribution in [0, 0.1) is 0 Å². The SMILES string of the molecule is CCCCC/C=C\CC(O)/C=C/CCCCCCC(=O)OC. The van der Waals surface area contributed by atoms with Crippen molar-refractivity contribution in [1.82, 2.24) is 0 Å². The Balaban J connectivity index is 3.42. The van der Waals surface area contributed by atoms with Crippen LogP contribution in [-0.4, -0.2) is 24.3 Å². The van der Waals surface area contributed by atoms with Gasteiger partial charge in [0.1, 0.15) is 0 Å². The van der Waals surface area contributed by atoms with Crippen molar-refractivity contribution < 1.29 is 14.6 Å². The molecule has 0 rings (SSSR count). The molecule has 0 spiro atoms. The standard InChI is InChI=1S/C19H34O3/c1-3-4-5-6-9-12-15-18(20)16-13-10-7-8-11-14-17-19(21)22-2/h9,12-13,16,18,20H,3-8,10-11,14-15,17H2,1-2H3/b12-9-,16-13+. The van der Waals surface area contributed by atoms with Crippen molar-refractivity contribution >= 4 is 5.97 Å². The number of esters is 1. The summed E-state index contributed by atoms with van der Waals surface area (Å²) in [7, 11) is 1.43. The predicted molar refractivity (Wildman–Crippen MR) is 92.8 cm³/mol. The van der Waals surface area contributed by atoms with E-state index in [-0.39, 0.29) is 12.1 Å². The monoisotopic (exact) mass is 310 g/mol. The van der Waals surface area contributed by atoms with E-state index in [9.17, 15) is 9.90 Å².